The Labute approximate surface area is 172 Å². The van der Waals surface area contributed by atoms with Gasteiger partial charge >= 0.3 is 0 Å². The molecule has 0 spiro atoms. The zero-order chi connectivity index (χ0) is 19.7. The third-order valence-electron chi connectivity index (χ3n) is 4.17. The van der Waals surface area contributed by atoms with Crippen LogP contribution in [0.3, 0.4) is 0 Å². The van der Waals surface area contributed by atoms with Gasteiger partial charge in [0.05, 0.1) is 34.3 Å². The molecule has 0 bridgehead atoms. The highest BCUT2D eigenvalue weighted by molar-refractivity contribution is 6.35. The molecule has 3 aromatic rings. The molecule has 3 rings (SSSR count). The lowest BCUT2D eigenvalue weighted by atomic mass is 10.2. The van der Waals surface area contributed by atoms with Gasteiger partial charge in [0.25, 0.3) is 0 Å². The molecular formula is C18H18Cl3N5O. The maximum absolute atomic E-state index is 12.4. The predicted molar refractivity (Wildman–Crippen MR) is 108 cm³/mol. The molecule has 0 aliphatic heterocycles. The van der Waals surface area contributed by atoms with Crippen molar-refractivity contribution in [2.24, 2.45) is 0 Å². The minimum Gasteiger partial charge on any atom is -0.321 e. The maximum atomic E-state index is 12.4. The highest BCUT2D eigenvalue weighted by Crippen LogP contribution is 2.25. The Kier molecular flexibility index (Phi) is 5.79. The molecule has 1 N–H and O–H groups in total. The number of benzene rings is 1. The molecule has 0 aliphatic carbocycles. The van der Waals surface area contributed by atoms with Crippen molar-refractivity contribution in [2.45, 2.75) is 33.9 Å². The number of nitrogens with one attached hydrogen (secondary N) is 1. The van der Waals surface area contributed by atoms with E-state index in [1.54, 1.807) is 29.9 Å². The molecule has 0 saturated heterocycles. The Hall–Kier alpha value is -2.02. The summed E-state index contributed by atoms with van der Waals surface area (Å²) in [7, 11) is 0. The van der Waals surface area contributed by atoms with Gasteiger partial charge in [0.1, 0.15) is 6.54 Å². The first kappa shape index (κ1) is 19.7. The number of amides is 1. The lowest BCUT2D eigenvalue weighted by molar-refractivity contribution is -0.116. The van der Waals surface area contributed by atoms with Crippen molar-refractivity contribution in [2.75, 3.05) is 5.32 Å². The second-order valence-electron chi connectivity index (χ2n) is 6.25. The second-order valence-corrected chi connectivity index (χ2v) is 7.50. The van der Waals surface area contributed by atoms with Crippen molar-refractivity contribution in [3.8, 4) is 0 Å². The first-order chi connectivity index (χ1) is 12.7. The van der Waals surface area contributed by atoms with Crippen LogP contribution >= 0.6 is 34.8 Å². The van der Waals surface area contributed by atoms with Crippen molar-refractivity contribution >= 4 is 46.4 Å². The van der Waals surface area contributed by atoms with E-state index in [4.69, 9.17) is 34.8 Å². The Morgan fingerprint density at radius 3 is 2.44 bits per heavy atom. The predicted octanol–water partition coefficient (Wildman–Crippen LogP) is 4.65. The van der Waals surface area contributed by atoms with Crippen LogP contribution in [0.2, 0.25) is 15.1 Å². The van der Waals surface area contributed by atoms with E-state index in [0.29, 0.717) is 33.0 Å². The SMILES string of the molecule is Cc1nn(CC(=O)Nc2c(C)nn(Cc3ccc(Cl)cc3Cl)c2C)cc1Cl. The minimum atomic E-state index is -0.204. The van der Waals surface area contributed by atoms with E-state index in [-0.39, 0.29) is 12.5 Å². The van der Waals surface area contributed by atoms with Crippen molar-refractivity contribution in [3.63, 3.8) is 0 Å². The van der Waals surface area contributed by atoms with Crippen LogP contribution in [0.4, 0.5) is 5.69 Å². The number of carbonyl (C=O) groups excluding carboxylic acids is 1. The van der Waals surface area contributed by atoms with Crippen LogP contribution in [-0.4, -0.2) is 25.5 Å². The molecule has 1 amide bonds. The summed E-state index contributed by atoms with van der Waals surface area (Å²) in [6.45, 7) is 6.08. The van der Waals surface area contributed by atoms with Crippen LogP contribution in [0.5, 0.6) is 0 Å². The monoisotopic (exact) mass is 425 g/mol. The van der Waals surface area contributed by atoms with Gasteiger partial charge < -0.3 is 5.32 Å². The van der Waals surface area contributed by atoms with Crippen molar-refractivity contribution < 1.29 is 4.79 Å². The number of rotatable bonds is 5. The number of nitrogens with zero attached hydrogens (tertiary/aromatic N) is 4. The van der Waals surface area contributed by atoms with Gasteiger partial charge in [-0.15, -0.1) is 0 Å². The first-order valence-corrected chi connectivity index (χ1v) is 9.35. The van der Waals surface area contributed by atoms with Gasteiger partial charge in [-0.05, 0) is 38.5 Å². The normalized spacial score (nSPS) is 11.0. The van der Waals surface area contributed by atoms with Crippen molar-refractivity contribution in [1.29, 1.82) is 0 Å². The van der Waals surface area contributed by atoms with Crippen molar-refractivity contribution in [3.05, 3.63) is 62.1 Å². The quantitative estimate of drug-likeness (QED) is 0.646. The molecular weight excluding hydrogens is 409 g/mol. The highest BCUT2D eigenvalue weighted by Gasteiger charge is 2.16. The van der Waals surface area contributed by atoms with E-state index in [9.17, 15) is 4.79 Å². The number of halogens is 3. The van der Waals surface area contributed by atoms with E-state index < -0.39 is 0 Å². The minimum absolute atomic E-state index is 0.0701. The highest BCUT2D eigenvalue weighted by atomic mass is 35.5. The van der Waals surface area contributed by atoms with Gasteiger partial charge in [-0.2, -0.15) is 10.2 Å². The molecule has 0 radical (unpaired) electrons. The van der Waals surface area contributed by atoms with E-state index in [0.717, 1.165) is 17.0 Å². The fourth-order valence-electron chi connectivity index (χ4n) is 2.74. The summed E-state index contributed by atoms with van der Waals surface area (Å²) < 4.78 is 3.31. The zero-order valence-electron chi connectivity index (χ0n) is 15.1. The van der Waals surface area contributed by atoms with Crippen LogP contribution in [0.25, 0.3) is 0 Å². The molecule has 1 aromatic carbocycles. The van der Waals surface area contributed by atoms with Crippen LogP contribution in [0.15, 0.2) is 24.4 Å². The largest absolute Gasteiger partial charge is 0.321 e. The lowest BCUT2D eigenvalue weighted by Crippen LogP contribution is -2.20. The zero-order valence-corrected chi connectivity index (χ0v) is 17.3. The molecule has 9 heteroatoms. The molecule has 142 valence electrons. The van der Waals surface area contributed by atoms with E-state index >= 15 is 0 Å². The van der Waals surface area contributed by atoms with E-state index in [1.165, 1.54) is 4.68 Å². The van der Waals surface area contributed by atoms with Crippen LogP contribution in [-0.2, 0) is 17.9 Å². The summed E-state index contributed by atoms with van der Waals surface area (Å²) in [5.74, 6) is -0.204. The molecule has 0 fully saturated rings. The average Bonchev–Trinajstić information content (AvgIpc) is 3.03. The maximum Gasteiger partial charge on any atom is 0.246 e. The van der Waals surface area contributed by atoms with Crippen LogP contribution < -0.4 is 5.32 Å². The van der Waals surface area contributed by atoms with Gasteiger partial charge in [0, 0.05) is 16.2 Å². The van der Waals surface area contributed by atoms with Gasteiger partial charge in [-0.1, -0.05) is 40.9 Å². The molecule has 0 aliphatic rings. The van der Waals surface area contributed by atoms with Crippen molar-refractivity contribution in [1.82, 2.24) is 19.6 Å². The molecule has 0 unspecified atom stereocenters. The van der Waals surface area contributed by atoms with Gasteiger partial charge in [0.15, 0.2) is 0 Å². The number of aromatic nitrogens is 4. The summed E-state index contributed by atoms with van der Waals surface area (Å²) in [4.78, 5) is 12.4. The first-order valence-electron chi connectivity index (χ1n) is 8.22. The van der Waals surface area contributed by atoms with Crippen LogP contribution in [0.1, 0.15) is 22.6 Å². The molecule has 2 aromatic heterocycles. The smallest absolute Gasteiger partial charge is 0.246 e. The Morgan fingerprint density at radius 2 is 1.81 bits per heavy atom. The Balaban J connectivity index is 1.75. The van der Waals surface area contributed by atoms with E-state index in [1.807, 2.05) is 19.9 Å². The number of hydrogen-bond donors (Lipinski definition) is 1. The molecule has 2 heterocycles. The molecule has 27 heavy (non-hydrogen) atoms. The van der Waals surface area contributed by atoms with Gasteiger partial charge in [-0.3, -0.25) is 14.2 Å². The fourth-order valence-corrected chi connectivity index (χ4v) is 3.36. The number of anilines is 1. The summed E-state index contributed by atoms with van der Waals surface area (Å²) in [6.07, 6.45) is 1.63. The summed E-state index contributed by atoms with van der Waals surface area (Å²) in [6, 6.07) is 5.35. The van der Waals surface area contributed by atoms with Gasteiger partial charge in [-0.25, -0.2) is 0 Å². The topological polar surface area (TPSA) is 64.7 Å². The lowest BCUT2D eigenvalue weighted by Gasteiger charge is -2.09. The Bertz CT molecular complexity index is 989. The molecule has 0 saturated carbocycles. The molecule has 6 nitrogen and oxygen atoms in total. The number of hydrogen-bond acceptors (Lipinski definition) is 3. The summed E-state index contributed by atoms with van der Waals surface area (Å²) >= 11 is 18.2. The third-order valence-corrected chi connectivity index (χ3v) is 5.13. The number of aryl methyl sites for hydroxylation is 2. The van der Waals surface area contributed by atoms with Gasteiger partial charge in [0.2, 0.25) is 5.91 Å². The van der Waals surface area contributed by atoms with E-state index in [2.05, 4.69) is 15.5 Å². The molecule has 0 atom stereocenters. The second kappa shape index (κ2) is 7.92. The average molecular weight is 427 g/mol. The Morgan fingerprint density at radius 1 is 1.07 bits per heavy atom. The summed E-state index contributed by atoms with van der Waals surface area (Å²) in [5.41, 5.74) is 3.82. The third kappa shape index (κ3) is 4.46. The number of carbonyl (C=O) groups is 1. The van der Waals surface area contributed by atoms with Crippen LogP contribution in [0, 0.1) is 20.8 Å². The fraction of sp³-hybridized carbons (Fsp3) is 0.278. The standard InChI is InChI=1S/C18H18Cl3N5O/c1-10-16(21)8-25(23-10)9-17(27)22-18-11(2)24-26(12(18)3)7-13-4-5-14(19)6-15(13)20/h4-6,8H,7,9H2,1-3H3,(H,22,27). The summed E-state index contributed by atoms with van der Waals surface area (Å²) in [5, 5.41) is 13.3.